The van der Waals surface area contributed by atoms with E-state index >= 15 is 0 Å². The number of fused-ring (bicyclic) bond motifs is 2. The fourth-order valence-corrected chi connectivity index (χ4v) is 10.5. The molecule has 1 spiro atoms. The highest BCUT2D eigenvalue weighted by Crippen LogP contribution is 2.61. The minimum absolute atomic E-state index is 0.108. The first-order valence-corrected chi connectivity index (χ1v) is 20.2. The molecule has 5 aromatic rings. The van der Waals surface area contributed by atoms with Crippen LogP contribution in [0.25, 0.3) is 0 Å². The largest absolute Gasteiger partial charge is 0.432 e. The van der Waals surface area contributed by atoms with Crippen molar-refractivity contribution in [2.75, 3.05) is 22.6 Å². The number of hydrogen-bond donors (Lipinski definition) is 4. The Bertz CT molecular complexity index is 2030. The highest BCUT2D eigenvalue weighted by atomic mass is 28.4. The maximum Gasteiger partial charge on any atom is 0.268 e. The molecule has 1 aromatic heterocycles. The molecule has 0 bridgehead atoms. The molecule has 1 saturated heterocycles. The van der Waals surface area contributed by atoms with Gasteiger partial charge in [0.05, 0.1) is 30.0 Å². The lowest BCUT2D eigenvalue weighted by Crippen LogP contribution is -2.45. The first kappa shape index (κ1) is 34.3. The lowest BCUT2D eigenvalue weighted by atomic mass is 9.82. The first-order valence-electron chi connectivity index (χ1n) is 17.2. The molecule has 5 N–H and O–H groups in total. The van der Waals surface area contributed by atoms with Gasteiger partial charge in [0.2, 0.25) is 0 Å². The van der Waals surface area contributed by atoms with Crippen molar-refractivity contribution < 1.29 is 24.2 Å². The monoisotopic (exact) mass is 702 g/mol. The molecule has 0 aliphatic carbocycles. The normalized spacial score (nSPS) is 21.9. The number of nitrogen functional groups attached to an aromatic ring is 1. The van der Waals surface area contributed by atoms with E-state index in [9.17, 15) is 19.5 Å². The summed E-state index contributed by atoms with van der Waals surface area (Å²) in [4.78, 5) is 41.6. The van der Waals surface area contributed by atoms with Crippen LogP contribution in [0.3, 0.4) is 0 Å². The van der Waals surface area contributed by atoms with Crippen LogP contribution in [0.4, 0.5) is 22.7 Å². The molecule has 2 aliphatic heterocycles. The van der Waals surface area contributed by atoms with E-state index in [-0.39, 0.29) is 29.9 Å². The van der Waals surface area contributed by atoms with Gasteiger partial charge >= 0.3 is 0 Å². The van der Waals surface area contributed by atoms with Gasteiger partial charge < -0.3 is 25.7 Å². The van der Waals surface area contributed by atoms with Crippen LogP contribution in [0.15, 0.2) is 109 Å². The maximum absolute atomic E-state index is 14.9. The third-order valence-corrected chi connectivity index (χ3v) is 12.8. The molecule has 1 unspecified atom stereocenters. The third-order valence-electron chi connectivity index (χ3n) is 10.3. The second kappa shape index (κ2) is 13.5. The molecule has 12 heteroatoms. The minimum atomic E-state index is -2.94. The zero-order chi connectivity index (χ0) is 35.9. The molecule has 11 nitrogen and oxygen atoms in total. The third kappa shape index (κ3) is 6.25. The topological polar surface area (TPSA) is 156 Å². The summed E-state index contributed by atoms with van der Waals surface area (Å²) in [6.45, 7) is 6.09. The predicted molar refractivity (Wildman–Crippen MR) is 198 cm³/mol. The van der Waals surface area contributed by atoms with Crippen molar-refractivity contribution >= 4 is 42.9 Å². The average molecular weight is 703 g/mol. The van der Waals surface area contributed by atoms with Crippen LogP contribution in [0, 0.1) is 5.92 Å². The van der Waals surface area contributed by atoms with Gasteiger partial charge in [-0.1, -0.05) is 60.7 Å². The van der Waals surface area contributed by atoms with Crippen LogP contribution in [-0.2, 0) is 21.7 Å². The SMILES string of the molecule is C[C@@H]1[C@@H]([Si](C)(C)O)[C@H](CCn2cc(C(CO)c3ccccc3)nn2)O[C@@]12C(=O)N(c1ccccc1)c1ccc(NC(=O)c3ccc(N)cc3)cc12. The fraction of sp³-hybridized carbons (Fsp3) is 0.282. The number of nitrogens with two attached hydrogens (primary N) is 1. The Hall–Kier alpha value is -5.14. The molecule has 7 rings (SSSR count). The number of anilines is 4. The number of amides is 2. The summed E-state index contributed by atoms with van der Waals surface area (Å²) in [7, 11) is -2.94. The van der Waals surface area contributed by atoms with Crippen LogP contribution in [0.5, 0.6) is 0 Å². The Kier molecular flexibility index (Phi) is 9.10. The minimum Gasteiger partial charge on any atom is -0.432 e. The zero-order valence-corrected chi connectivity index (χ0v) is 29.8. The number of carbonyl (C=O) groups excluding carboxylic acids is 2. The molecule has 5 atom stereocenters. The number of nitrogens with zero attached hydrogens (tertiary/aromatic N) is 4. The Morgan fingerprint density at radius 3 is 2.37 bits per heavy atom. The summed E-state index contributed by atoms with van der Waals surface area (Å²) in [6.07, 6.45) is 1.82. The molecule has 0 saturated carbocycles. The number of hydrogen-bond acceptors (Lipinski definition) is 8. The molecule has 1 fully saturated rings. The van der Waals surface area contributed by atoms with Gasteiger partial charge in [-0.2, -0.15) is 0 Å². The summed E-state index contributed by atoms with van der Waals surface area (Å²) in [6, 6.07) is 31.2. The van der Waals surface area contributed by atoms with Gasteiger partial charge in [-0.25, -0.2) is 0 Å². The van der Waals surface area contributed by atoms with Gasteiger partial charge in [-0.3, -0.25) is 19.2 Å². The lowest BCUT2D eigenvalue weighted by Gasteiger charge is -2.32. The summed E-state index contributed by atoms with van der Waals surface area (Å²) in [5.41, 5.74) is 9.22. The number of aliphatic hydroxyl groups excluding tert-OH is 1. The van der Waals surface area contributed by atoms with Crippen molar-refractivity contribution in [3.8, 4) is 0 Å². The summed E-state index contributed by atoms with van der Waals surface area (Å²) in [5.74, 6) is -1.26. The molecule has 51 heavy (non-hydrogen) atoms. The molecule has 2 amide bonds. The number of aliphatic hydroxyl groups is 1. The van der Waals surface area contributed by atoms with Crippen LogP contribution < -0.4 is 16.0 Å². The van der Waals surface area contributed by atoms with Gasteiger partial charge in [0.15, 0.2) is 13.9 Å². The van der Waals surface area contributed by atoms with E-state index < -0.39 is 25.9 Å². The van der Waals surface area contributed by atoms with Crippen molar-refractivity contribution in [2.24, 2.45) is 5.92 Å². The number of carbonyl (C=O) groups is 2. The maximum atomic E-state index is 14.9. The Morgan fingerprint density at radius 2 is 1.71 bits per heavy atom. The quantitative estimate of drug-likeness (QED) is 0.105. The predicted octanol–water partition coefficient (Wildman–Crippen LogP) is 5.80. The lowest BCUT2D eigenvalue weighted by molar-refractivity contribution is -0.145. The molecule has 0 radical (unpaired) electrons. The number of nitrogens with one attached hydrogen (secondary N) is 1. The Labute approximate surface area is 297 Å². The summed E-state index contributed by atoms with van der Waals surface area (Å²) >= 11 is 0. The highest BCUT2D eigenvalue weighted by Gasteiger charge is 2.66. The molecular weight excluding hydrogens is 661 g/mol. The summed E-state index contributed by atoms with van der Waals surface area (Å²) < 4.78 is 8.76. The molecular formula is C39H42N6O5Si. The van der Waals surface area contributed by atoms with Crippen molar-refractivity contribution in [1.82, 2.24) is 15.0 Å². The van der Waals surface area contributed by atoms with E-state index in [1.54, 1.807) is 39.9 Å². The molecule has 3 heterocycles. The second-order valence-corrected chi connectivity index (χ2v) is 18.0. The average Bonchev–Trinajstić information content (AvgIpc) is 3.78. The second-order valence-electron chi connectivity index (χ2n) is 14.0. The summed E-state index contributed by atoms with van der Waals surface area (Å²) in [5, 5.41) is 21.9. The standard InChI is InChI=1S/C39H42N6O5Si/c1-25-36(51(2,3)49)35(20-21-44-23-33(42-43-44)31(24-46)26-10-6-4-7-11-26)50-39(25)32-22-29(41-37(47)27-14-16-28(40)17-15-27)18-19-34(32)45(38(39)48)30-12-8-5-9-13-30/h4-19,22-23,25,31,35-36,46,49H,20-21,24,40H2,1-3H3,(H,41,47)/t25-,31?,35+,36-,39+/m1/s1. The van der Waals surface area contributed by atoms with Crippen molar-refractivity contribution in [1.29, 1.82) is 0 Å². The van der Waals surface area contributed by atoms with E-state index in [2.05, 4.69) is 15.6 Å². The van der Waals surface area contributed by atoms with E-state index in [1.807, 2.05) is 99.0 Å². The van der Waals surface area contributed by atoms with Crippen molar-refractivity contribution in [3.63, 3.8) is 0 Å². The Morgan fingerprint density at radius 1 is 1.02 bits per heavy atom. The van der Waals surface area contributed by atoms with Gasteiger partial charge in [0.1, 0.15) is 0 Å². The number of para-hydroxylation sites is 1. The van der Waals surface area contributed by atoms with Gasteiger partial charge in [0.25, 0.3) is 11.8 Å². The van der Waals surface area contributed by atoms with Crippen molar-refractivity contribution in [2.45, 2.75) is 56.1 Å². The van der Waals surface area contributed by atoms with Gasteiger partial charge in [-0.05, 0) is 79.7 Å². The number of rotatable bonds is 10. The van der Waals surface area contributed by atoms with Gasteiger partial charge in [0, 0.05) is 52.4 Å². The van der Waals surface area contributed by atoms with E-state index in [0.717, 1.165) is 5.56 Å². The molecule has 2 aliphatic rings. The molecule has 262 valence electrons. The Balaban J connectivity index is 1.23. The zero-order valence-electron chi connectivity index (χ0n) is 28.8. The smallest absolute Gasteiger partial charge is 0.268 e. The van der Waals surface area contributed by atoms with E-state index in [0.29, 0.717) is 52.5 Å². The van der Waals surface area contributed by atoms with E-state index in [1.165, 1.54) is 0 Å². The fourth-order valence-electron chi connectivity index (χ4n) is 7.92. The van der Waals surface area contributed by atoms with Crippen LogP contribution in [0.2, 0.25) is 18.6 Å². The number of ether oxygens (including phenoxy) is 1. The number of benzene rings is 4. The number of aryl methyl sites for hydroxylation is 1. The number of aromatic nitrogens is 3. The molecule has 4 aromatic carbocycles. The highest BCUT2D eigenvalue weighted by molar-refractivity contribution is 6.71. The van der Waals surface area contributed by atoms with Crippen LogP contribution >= 0.6 is 0 Å². The first-order chi connectivity index (χ1) is 24.5. The van der Waals surface area contributed by atoms with E-state index in [4.69, 9.17) is 10.5 Å². The van der Waals surface area contributed by atoms with Crippen LogP contribution in [0.1, 0.15) is 46.4 Å². The van der Waals surface area contributed by atoms with Crippen LogP contribution in [-0.4, -0.2) is 57.7 Å². The van der Waals surface area contributed by atoms with Gasteiger partial charge in [-0.15, -0.1) is 5.10 Å². The van der Waals surface area contributed by atoms with Crippen molar-refractivity contribution in [3.05, 3.63) is 132 Å².